The van der Waals surface area contributed by atoms with Crippen molar-refractivity contribution >= 4 is 6.29 Å². The van der Waals surface area contributed by atoms with Gasteiger partial charge in [0.25, 0.3) is 0 Å². The van der Waals surface area contributed by atoms with Gasteiger partial charge < -0.3 is 15.3 Å². The Morgan fingerprint density at radius 1 is 0.900 bits per heavy atom. The Bertz CT molecular complexity index is 802. The third-order valence-electron chi connectivity index (χ3n) is 8.65. The Hall–Kier alpha value is -1.49. The lowest BCUT2D eigenvalue weighted by molar-refractivity contribution is -0.104. The van der Waals surface area contributed by atoms with Crippen LogP contribution < -0.4 is 0 Å². The topological polar surface area (TPSA) is 77.8 Å². The third kappa shape index (κ3) is 16.7. The molecule has 3 rings (SSSR count). The Labute approximate surface area is 247 Å². The van der Waals surface area contributed by atoms with Crippen molar-refractivity contribution in [2.45, 2.75) is 132 Å². The van der Waals surface area contributed by atoms with E-state index in [1.54, 1.807) is 12.2 Å². The van der Waals surface area contributed by atoms with Crippen molar-refractivity contribution in [1.29, 1.82) is 0 Å². The second-order valence-corrected chi connectivity index (χ2v) is 13.9. The quantitative estimate of drug-likeness (QED) is 0.157. The molecular weight excluding hydrogens is 496 g/mol. The average molecular weight is 561 g/mol. The first-order valence-electron chi connectivity index (χ1n) is 15.7. The summed E-state index contributed by atoms with van der Waals surface area (Å²) in [7, 11) is 0. The van der Waals surface area contributed by atoms with E-state index >= 15 is 0 Å². The highest BCUT2D eigenvalue weighted by molar-refractivity contribution is 5.66. The summed E-state index contributed by atoms with van der Waals surface area (Å²) in [4.78, 5) is 10.2. The van der Waals surface area contributed by atoms with E-state index in [2.05, 4.69) is 55.0 Å². The van der Waals surface area contributed by atoms with Crippen LogP contribution >= 0.6 is 0 Å². The summed E-state index contributed by atoms with van der Waals surface area (Å²) in [5.41, 5.74) is 5.32. The number of hydrogen-bond donors (Lipinski definition) is 3. The van der Waals surface area contributed by atoms with Gasteiger partial charge in [-0.2, -0.15) is 0 Å². The zero-order valence-electron chi connectivity index (χ0n) is 27.2. The molecule has 0 bridgehead atoms. The van der Waals surface area contributed by atoms with E-state index in [9.17, 15) is 4.79 Å². The van der Waals surface area contributed by atoms with E-state index in [0.717, 1.165) is 38.4 Å². The van der Waals surface area contributed by atoms with E-state index in [0.29, 0.717) is 28.8 Å². The summed E-state index contributed by atoms with van der Waals surface area (Å²) in [6.07, 6.45) is 23.8. The molecule has 3 saturated carbocycles. The lowest BCUT2D eigenvalue weighted by Crippen LogP contribution is -2.38. The number of aldehydes is 1. The van der Waals surface area contributed by atoms with Gasteiger partial charge in [-0.15, -0.1) is 0 Å². The Kier molecular flexibility index (Phi) is 19.6. The van der Waals surface area contributed by atoms with Crippen LogP contribution in [0.4, 0.5) is 0 Å². The molecule has 2 atom stereocenters. The minimum Gasteiger partial charge on any atom is -0.396 e. The van der Waals surface area contributed by atoms with Gasteiger partial charge in [-0.3, -0.25) is 4.79 Å². The van der Waals surface area contributed by atoms with Crippen LogP contribution in [-0.4, -0.2) is 41.4 Å². The van der Waals surface area contributed by atoms with E-state index in [4.69, 9.17) is 15.3 Å². The van der Waals surface area contributed by atoms with E-state index in [1.807, 2.05) is 12.2 Å². The van der Waals surface area contributed by atoms with Crippen molar-refractivity contribution in [2.24, 2.45) is 22.2 Å². The van der Waals surface area contributed by atoms with Gasteiger partial charge in [0.2, 0.25) is 0 Å². The minimum absolute atomic E-state index is 0.181. The van der Waals surface area contributed by atoms with E-state index < -0.39 is 0 Å². The van der Waals surface area contributed by atoms with Crippen molar-refractivity contribution in [2.75, 3.05) is 19.8 Å². The zero-order valence-corrected chi connectivity index (χ0v) is 27.2. The molecule has 0 unspecified atom stereocenters. The van der Waals surface area contributed by atoms with Crippen molar-refractivity contribution in [3.05, 3.63) is 47.6 Å². The largest absolute Gasteiger partial charge is 0.396 e. The molecule has 0 aromatic carbocycles. The van der Waals surface area contributed by atoms with Crippen LogP contribution in [0.5, 0.6) is 0 Å². The van der Waals surface area contributed by atoms with Crippen LogP contribution in [0.25, 0.3) is 0 Å². The number of aliphatic hydroxyl groups excluding tert-OH is 3. The highest BCUT2D eigenvalue weighted by Crippen LogP contribution is 2.51. The van der Waals surface area contributed by atoms with Crippen LogP contribution in [0.3, 0.4) is 0 Å². The molecule has 3 aliphatic rings. The molecule has 0 aliphatic heterocycles. The molecule has 3 fully saturated rings. The smallest absolute Gasteiger partial charge is 0.142 e. The number of rotatable bonds is 8. The Morgan fingerprint density at radius 3 is 1.88 bits per heavy atom. The average Bonchev–Trinajstić information content (AvgIpc) is 2.84. The molecule has 0 amide bonds. The fourth-order valence-electron chi connectivity index (χ4n) is 6.25. The summed E-state index contributed by atoms with van der Waals surface area (Å²) in [5.74, 6) is 0.662. The fraction of sp³-hybridized carbons (Fsp3) is 0.750. The molecule has 0 aromatic rings. The first-order valence-corrected chi connectivity index (χ1v) is 15.7. The third-order valence-corrected chi connectivity index (χ3v) is 8.65. The lowest BCUT2D eigenvalue weighted by Gasteiger charge is -2.47. The lowest BCUT2D eigenvalue weighted by atomic mass is 9.57. The molecule has 0 saturated heterocycles. The molecule has 3 N–H and O–H groups in total. The summed E-state index contributed by atoms with van der Waals surface area (Å²) >= 11 is 0. The molecule has 40 heavy (non-hydrogen) atoms. The van der Waals surface area contributed by atoms with Gasteiger partial charge in [0.1, 0.15) is 6.29 Å². The van der Waals surface area contributed by atoms with Gasteiger partial charge in [-0.25, -0.2) is 0 Å². The second kappa shape index (κ2) is 20.4. The predicted molar refractivity (Wildman–Crippen MR) is 172 cm³/mol. The normalized spacial score (nSPS) is 26.8. The highest BCUT2D eigenvalue weighted by Gasteiger charge is 2.41. The monoisotopic (exact) mass is 560 g/mol. The maximum absolute atomic E-state index is 10.2. The molecule has 0 radical (unpaired) electrons. The number of hydrogen-bond acceptors (Lipinski definition) is 4. The zero-order chi connectivity index (χ0) is 30.7. The van der Waals surface area contributed by atoms with E-state index in [-0.39, 0.29) is 13.2 Å². The maximum Gasteiger partial charge on any atom is 0.142 e. The van der Waals surface area contributed by atoms with E-state index in [1.165, 1.54) is 68.1 Å². The second-order valence-electron chi connectivity index (χ2n) is 13.9. The van der Waals surface area contributed by atoms with Gasteiger partial charge >= 0.3 is 0 Å². The SMILES string of the molecule is C=C(C)[C@@H]1CC[C@]1(C)CCO.CC1(C)CCC/C(=C/CO)C1.CC1(C)CCCC(=CC=O)C1.CCC/C=C/CO. The molecule has 3 aliphatic carbocycles. The molecule has 4 heteroatoms. The minimum atomic E-state index is 0.181. The summed E-state index contributed by atoms with van der Waals surface area (Å²) in [5, 5.41) is 25.8. The number of allylic oxidation sites excluding steroid dienone is 5. The summed E-state index contributed by atoms with van der Waals surface area (Å²) in [6, 6.07) is 0. The highest BCUT2D eigenvalue weighted by atomic mass is 16.3. The van der Waals surface area contributed by atoms with Crippen LogP contribution in [0.15, 0.2) is 47.6 Å². The first kappa shape index (κ1) is 38.5. The molecule has 232 valence electrons. The fourth-order valence-corrected chi connectivity index (χ4v) is 6.25. The summed E-state index contributed by atoms with van der Waals surface area (Å²) < 4.78 is 0. The maximum atomic E-state index is 10.2. The molecule has 0 aromatic heterocycles. The van der Waals surface area contributed by atoms with Crippen molar-refractivity contribution in [1.82, 2.24) is 0 Å². The predicted octanol–water partition coefficient (Wildman–Crippen LogP) is 8.91. The van der Waals surface area contributed by atoms with Crippen molar-refractivity contribution in [3.63, 3.8) is 0 Å². The number of aliphatic hydroxyl groups is 3. The summed E-state index contributed by atoms with van der Waals surface area (Å²) in [6.45, 7) is 20.3. The van der Waals surface area contributed by atoms with Crippen molar-refractivity contribution < 1.29 is 20.1 Å². The van der Waals surface area contributed by atoms with Gasteiger partial charge in [0.15, 0.2) is 0 Å². The molecule has 4 nitrogen and oxygen atoms in total. The number of carbonyl (C=O) groups excluding carboxylic acids is 1. The Balaban J connectivity index is 0.000000515. The number of unbranched alkanes of at least 4 members (excludes halogenated alkanes) is 1. The van der Waals surface area contributed by atoms with Crippen LogP contribution in [-0.2, 0) is 4.79 Å². The van der Waals surface area contributed by atoms with Crippen molar-refractivity contribution in [3.8, 4) is 0 Å². The molecule has 0 heterocycles. The molecular formula is C36H64O4. The number of carbonyl (C=O) groups is 1. The van der Waals surface area contributed by atoms with Gasteiger partial charge in [0.05, 0.1) is 13.2 Å². The first-order chi connectivity index (χ1) is 18.8. The van der Waals surface area contributed by atoms with Gasteiger partial charge in [-0.05, 0) is 112 Å². The van der Waals surface area contributed by atoms with Crippen LogP contribution in [0.2, 0.25) is 0 Å². The van der Waals surface area contributed by atoms with Gasteiger partial charge in [-0.1, -0.05) is 89.5 Å². The van der Waals surface area contributed by atoms with Crippen LogP contribution in [0.1, 0.15) is 132 Å². The standard InChI is InChI=1S/2C10H18O.C10H16O.C6H12O/c1-8(2)9-4-5-10(9,3)6-7-11;2*1-10(2)6-3-4-9(8-10)5-7-11;1-2-3-4-5-6-7/h9,11H,1,4-7H2,2-3H3;5,11H,3-4,6-8H2,1-2H3;5,7H,3-4,6,8H2,1-2H3;4-5,7H,2-3,6H2,1H3/b;9-5-;;5-4+/t9-,10+;;;/m0.../s1. The van der Waals surface area contributed by atoms with Gasteiger partial charge in [0, 0.05) is 6.61 Å². The van der Waals surface area contributed by atoms with Crippen LogP contribution in [0, 0.1) is 22.2 Å². The molecule has 0 spiro atoms. The Morgan fingerprint density at radius 2 is 1.48 bits per heavy atom.